The maximum Gasteiger partial charge on any atom is 0.203 e. The topological polar surface area (TPSA) is 116 Å². The number of benzene rings is 2. The average molecular weight is 332 g/mol. The molecule has 0 aliphatic heterocycles. The summed E-state index contributed by atoms with van der Waals surface area (Å²) in [6.07, 6.45) is 2.49. The molecular weight excluding hydrogens is 316 g/mol. The fourth-order valence-electron chi connectivity index (χ4n) is 2.13. The van der Waals surface area contributed by atoms with Crippen LogP contribution in [0.3, 0.4) is 0 Å². The predicted octanol–water partition coefficient (Wildman–Crippen LogP) is 2.42. The zero-order valence-electron chi connectivity index (χ0n) is 13.0. The van der Waals surface area contributed by atoms with Crippen molar-refractivity contribution in [1.82, 2.24) is 0 Å². The molecule has 0 unspecified atom stereocenters. The summed E-state index contributed by atoms with van der Waals surface area (Å²) in [5, 5.41) is 39.0. The Morgan fingerprint density at radius 2 is 1.67 bits per heavy atom. The van der Waals surface area contributed by atoms with Crippen LogP contribution in [0.1, 0.15) is 15.9 Å². The molecule has 0 bridgehead atoms. The van der Waals surface area contributed by atoms with Crippen LogP contribution >= 0.6 is 0 Å². The number of phenols is 4. The van der Waals surface area contributed by atoms with Crippen LogP contribution in [0.2, 0.25) is 0 Å². The maximum atomic E-state index is 12.2. The Kier molecular flexibility index (Phi) is 4.84. The van der Waals surface area contributed by atoms with Gasteiger partial charge < -0.3 is 29.9 Å². The van der Waals surface area contributed by atoms with E-state index in [1.165, 1.54) is 32.4 Å². The molecule has 2 aromatic carbocycles. The molecule has 2 aromatic rings. The van der Waals surface area contributed by atoms with Crippen LogP contribution in [0.5, 0.6) is 34.5 Å². The van der Waals surface area contributed by atoms with Crippen molar-refractivity contribution in [3.63, 3.8) is 0 Å². The fraction of sp³-hybridized carbons (Fsp3) is 0.118. The number of phenolic OH excluding ortho intramolecular Hbond substituents is 4. The molecule has 0 heterocycles. The van der Waals surface area contributed by atoms with Crippen LogP contribution in [0.25, 0.3) is 6.08 Å². The molecule has 4 N–H and O–H groups in total. The summed E-state index contributed by atoms with van der Waals surface area (Å²) in [6.45, 7) is 0. The van der Waals surface area contributed by atoms with E-state index in [0.717, 1.165) is 12.1 Å². The van der Waals surface area contributed by atoms with E-state index in [1.807, 2.05) is 0 Å². The molecule has 2 rings (SSSR count). The number of carbonyl (C=O) groups is 1. The van der Waals surface area contributed by atoms with Gasteiger partial charge in [0.05, 0.1) is 14.2 Å². The third kappa shape index (κ3) is 3.19. The molecule has 0 spiro atoms. The molecule has 0 fully saturated rings. The van der Waals surface area contributed by atoms with E-state index in [0.29, 0.717) is 5.56 Å². The lowest BCUT2D eigenvalue weighted by molar-refractivity contribution is 0.104. The van der Waals surface area contributed by atoms with Crippen LogP contribution in [0.15, 0.2) is 30.3 Å². The summed E-state index contributed by atoms with van der Waals surface area (Å²) in [6, 6.07) is 5.43. The third-order valence-corrected chi connectivity index (χ3v) is 3.29. The van der Waals surface area contributed by atoms with Crippen molar-refractivity contribution in [1.29, 1.82) is 0 Å². The lowest BCUT2D eigenvalue weighted by Gasteiger charge is -2.10. The lowest BCUT2D eigenvalue weighted by Crippen LogP contribution is -1.98. The SMILES string of the molecule is COc1ccc(/C=C/C(=O)c2c(O)cc(O)c(OC)c2O)cc1O. The van der Waals surface area contributed by atoms with Crippen LogP contribution in [-0.2, 0) is 0 Å². The van der Waals surface area contributed by atoms with Crippen molar-refractivity contribution in [2.75, 3.05) is 14.2 Å². The quantitative estimate of drug-likeness (QED) is 0.491. The first-order valence-electron chi connectivity index (χ1n) is 6.80. The van der Waals surface area contributed by atoms with Crippen molar-refractivity contribution in [3.05, 3.63) is 41.5 Å². The van der Waals surface area contributed by atoms with Gasteiger partial charge >= 0.3 is 0 Å². The van der Waals surface area contributed by atoms with Gasteiger partial charge in [0.1, 0.15) is 11.3 Å². The lowest BCUT2D eigenvalue weighted by atomic mass is 10.1. The first-order chi connectivity index (χ1) is 11.4. The van der Waals surface area contributed by atoms with Gasteiger partial charge in [-0.25, -0.2) is 0 Å². The number of allylic oxidation sites excluding steroid dienone is 1. The molecule has 0 aliphatic rings. The molecule has 24 heavy (non-hydrogen) atoms. The Bertz CT molecular complexity index is 809. The fourth-order valence-corrected chi connectivity index (χ4v) is 2.13. The summed E-state index contributed by atoms with van der Waals surface area (Å²) < 4.78 is 9.71. The van der Waals surface area contributed by atoms with Gasteiger partial charge in [0, 0.05) is 6.07 Å². The highest BCUT2D eigenvalue weighted by Crippen LogP contribution is 2.43. The maximum absolute atomic E-state index is 12.2. The highest BCUT2D eigenvalue weighted by molar-refractivity contribution is 6.11. The van der Waals surface area contributed by atoms with Crippen LogP contribution in [0.4, 0.5) is 0 Å². The molecule has 126 valence electrons. The number of aromatic hydroxyl groups is 4. The smallest absolute Gasteiger partial charge is 0.203 e. The molecule has 0 atom stereocenters. The molecule has 0 saturated carbocycles. The van der Waals surface area contributed by atoms with Gasteiger partial charge in [-0.2, -0.15) is 0 Å². The molecule has 0 amide bonds. The summed E-state index contributed by atoms with van der Waals surface area (Å²) in [5.41, 5.74) is 0.102. The number of methoxy groups -OCH3 is 2. The van der Waals surface area contributed by atoms with Crippen molar-refractivity contribution < 1.29 is 34.7 Å². The van der Waals surface area contributed by atoms with E-state index in [9.17, 15) is 25.2 Å². The van der Waals surface area contributed by atoms with Gasteiger partial charge in [-0.15, -0.1) is 0 Å². The highest BCUT2D eigenvalue weighted by Gasteiger charge is 2.22. The molecule has 0 aliphatic carbocycles. The highest BCUT2D eigenvalue weighted by atomic mass is 16.5. The van der Waals surface area contributed by atoms with Gasteiger partial charge in [-0.05, 0) is 23.8 Å². The normalized spacial score (nSPS) is 10.8. The average Bonchev–Trinajstić information content (AvgIpc) is 2.53. The van der Waals surface area contributed by atoms with Crippen molar-refractivity contribution in [2.24, 2.45) is 0 Å². The Labute approximate surface area is 137 Å². The second-order valence-corrected chi connectivity index (χ2v) is 4.80. The molecular formula is C17H16O7. The summed E-state index contributed by atoms with van der Waals surface area (Å²) in [4.78, 5) is 12.2. The van der Waals surface area contributed by atoms with E-state index in [1.54, 1.807) is 6.07 Å². The van der Waals surface area contributed by atoms with Gasteiger partial charge in [0.2, 0.25) is 5.75 Å². The van der Waals surface area contributed by atoms with Crippen LogP contribution in [-0.4, -0.2) is 40.4 Å². The van der Waals surface area contributed by atoms with E-state index in [2.05, 4.69) is 0 Å². The number of hydrogen-bond donors (Lipinski definition) is 4. The Morgan fingerprint density at radius 1 is 0.958 bits per heavy atom. The second kappa shape index (κ2) is 6.82. The van der Waals surface area contributed by atoms with Gasteiger partial charge in [0.15, 0.2) is 28.8 Å². The minimum absolute atomic E-state index is 0.0934. The number of carbonyl (C=O) groups excluding carboxylic acids is 1. The number of ketones is 1. The van der Waals surface area contributed by atoms with Crippen LogP contribution < -0.4 is 9.47 Å². The van der Waals surface area contributed by atoms with E-state index < -0.39 is 28.6 Å². The first kappa shape index (κ1) is 17.0. The molecule has 0 aromatic heterocycles. The monoisotopic (exact) mass is 332 g/mol. The molecule has 0 radical (unpaired) electrons. The predicted molar refractivity (Wildman–Crippen MR) is 86.0 cm³/mol. The zero-order valence-corrected chi connectivity index (χ0v) is 13.0. The van der Waals surface area contributed by atoms with E-state index in [4.69, 9.17) is 9.47 Å². The largest absolute Gasteiger partial charge is 0.507 e. The van der Waals surface area contributed by atoms with E-state index in [-0.39, 0.29) is 17.2 Å². The van der Waals surface area contributed by atoms with Crippen molar-refractivity contribution >= 4 is 11.9 Å². The zero-order chi connectivity index (χ0) is 17.9. The number of ether oxygens (including phenoxy) is 2. The molecule has 7 nitrogen and oxygen atoms in total. The molecule has 7 heteroatoms. The van der Waals surface area contributed by atoms with Crippen molar-refractivity contribution in [2.45, 2.75) is 0 Å². The van der Waals surface area contributed by atoms with Gasteiger partial charge in [0.25, 0.3) is 0 Å². The summed E-state index contributed by atoms with van der Waals surface area (Å²) in [7, 11) is 2.62. The summed E-state index contributed by atoms with van der Waals surface area (Å²) >= 11 is 0. The number of hydrogen-bond acceptors (Lipinski definition) is 7. The third-order valence-electron chi connectivity index (χ3n) is 3.29. The minimum Gasteiger partial charge on any atom is -0.507 e. The van der Waals surface area contributed by atoms with E-state index >= 15 is 0 Å². The second-order valence-electron chi connectivity index (χ2n) is 4.80. The summed E-state index contributed by atoms with van der Waals surface area (Å²) in [5.74, 6) is -2.57. The Balaban J connectivity index is 2.35. The van der Waals surface area contributed by atoms with Gasteiger partial charge in [-0.1, -0.05) is 12.1 Å². The Morgan fingerprint density at radius 3 is 2.25 bits per heavy atom. The standard InChI is InChI=1S/C17H16O7/c1-23-14-6-4-9(7-11(14)19)3-5-10(18)15-12(20)8-13(21)17(24-2)16(15)22/h3-8,19-22H,1-2H3/b5-3+. The first-order valence-corrected chi connectivity index (χ1v) is 6.80. The van der Waals surface area contributed by atoms with Crippen LogP contribution in [0, 0.1) is 0 Å². The van der Waals surface area contributed by atoms with Crippen molar-refractivity contribution in [3.8, 4) is 34.5 Å². The number of rotatable bonds is 5. The van der Waals surface area contributed by atoms with Gasteiger partial charge in [-0.3, -0.25) is 4.79 Å². The molecule has 0 saturated heterocycles. The Hall–Kier alpha value is -3.35. The minimum atomic E-state index is -0.710.